The van der Waals surface area contributed by atoms with Crippen LogP contribution in [0.5, 0.6) is 0 Å². The van der Waals surface area contributed by atoms with Crippen molar-refractivity contribution in [1.82, 2.24) is 31.9 Å². The average molecular weight is 993 g/mol. The van der Waals surface area contributed by atoms with Crippen LogP contribution in [0.4, 0.5) is 0 Å². The van der Waals surface area contributed by atoms with Gasteiger partial charge in [0, 0.05) is 12.5 Å². The quantitative estimate of drug-likeness (QED) is 0.0256. The Morgan fingerprint density at radius 3 is 1.00 bits per heavy atom. The van der Waals surface area contributed by atoms with Gasteiger partial charge in [-0.25, -0.2) is 0 Å². The summed E-state index contributed by atoms with van der Waals surface area (Å²) in [4.78, 5) is 86.5. The van der Waals surface area contributed by atoms with Crippen LogP contribution in [-0.2, 0) is 94.3 Å². The van der Waals surface area contributed by atoms with E-state index in [4.69, 9.17) is 9.11 Å². The van der Waals surface area contributed by atoms with Crippen LogP contribution in [0.1, 0.15) is 19.8 Å². The van der Waals surface area contributed by atoms with Crippen molar-refractivity contribution in [2.45, 2.75) is 62.1 Å². The molecule has 348 valence electrons. The Hall–Kier alpha value is -3.89. The van der Waals surface area contributed by atoms with Crippen LogP contribution >= 0.6 is 0 Å². The molecule has 0 saturated heterocycles. The van der Waals surface area contributed by atoms with E-state index in [1.807, 2.05) is 0 Å². The van der Waals surface area contributed by atoms with Crippen molar-refractivity contribution in [2.24, 2.45) is 0 Å². The fourth-order valence-electron chi connectivity index (χ4n) is 4.43. The predicted molar refractivity (Wildman–Crippen MR) is 196 cm³/mol. The second-order valence-corrected chi connectivity index (χ2v) is 21.4. The van der Waals surface area contributed by atoms with Gasteiger partial charge in [-0.15, -0.1) is 0 Å². The van der Waals surface area contributed by atoms with E-state index < -0.39 is 180 Å². The first kappa shape index (κ1) is 56.1. The van der Waals surface area contributed by atoms with E-state index in [1.54, 1.807) is 21.3 Å². The fraction of sp³-hybridized carbons (Fsp3) is 0.696. The maximum Gasteiger partial charge on any atom is 0.267 e. The van der Waals surface area contributed by atoms with Gasteiger partial charge in [-0.05, 0) is 13.3 Å². The van der Waals surface area contributed by atoms with Crippen LogP contribution in [0.15, 0.2) is 0 Å². The van der Waals surface area contributed by atoms with Crippen LogP contribution in [0, 0.1) is 0 Å². The number of aldehydes is 2. The summed E-state index contributed by atoms with van der Waals surface area (Å²) < 4.78 is 192. The van der Waals surface area contributed by atoms with E-state index in [0.717, 1.165) is 0 Å². The Labute approximate surface area is 341 Å². The summed E-state index contributed by atoms with van der Waals surface area (Å²) in [6, 6.07) is -14.9. The lowest BCUT2D eigenvalue weighted by atomic mass is 10.1. The van der Waals surface area contributed by atoms with Crippen molar-refractivity contribution in [3.05, 3.63) is 0 Å². The second kappa shape index (κ2) is 22.8. The monoisotopic (exact) mass is 992 g/mol. The normalized spacial score (nSPS) is 16.3. The predicted octanol–water partition coefficient (Wildman–Crippen LogP) is -8.74. The van der Waals surface area contributed by atoms with Crippen molar-refractivity contribution in [3.63, 3.8) is 0 Å². The highest BCUT2D eigenvalue weighted by molar-refractivity contribution is 7.87. The van der Waals surface area contributed by atoms with Crippen molar-refractivity contribution in [3.8, 4) is 0 Å². The van der Waals surface area contributed by atoms with Gasteiger partial charge in [-0.3, -0.25) is 51.3 Å². The lowest BCUT2D eigenvalue weighted by molar-refractivity contribution is -0.133. The van der Waals surface area contributed by atoms with E-state index in [0.29, 0.717) is 0 Å². The van der Waals surface area contributed by atoms with Gasteiger partial charge in [-0.2, -0.15) is 50.5 Å². The van der Waals surface area contributed by atoms with Crippen molar-refractivity contribution in [2.75, 3.05) is 34.5 Å². The molecule has 0 saturated carbocycles. The fourth-order valence-corrected chi connectivity index (χ4v) is 8.29. The molecular weight excluding hydrogens is 953 g/mol. The number of nitrogens with one attached hydrogen (secondary N) is 6. The van der Waals surface area contributed by atoms with Gasteiger partial charge < -0.3 is 41.5 Å². The van der Waals surface area contributed by atoms with E-state index >= 15 is 0 Å². The molecule has 5 amide bonds. The lowest BCUT2D eigenvalue weighted by Gasteiger charge is -2.25. The molecule has 0 fully saturated rings. The standard InChI is InChI=1S/C23H40N6O25S6/c1-12(24-15(8-57(43,44)45)20(33)25-13(4-30)6-55(37,38)39)2-3-19(32)27-16(9-58(46,47)48)22(35)29-18(11-60(52,53)54)23(36)28-17(10-59(49,50)51)21(34)26-14(5-31)7-56(40,41)42/h4-5,12-18,24H,2-3,6-11H2,1H3,(H,25,33)(H,26,34)(H,27,32)(H,28,36)(H,29,35)(H,37,38,39)(H,40,41,42)(H,43,44,45)(H,46,47,48)(H,49,50,51)(H,52,53,54)/t12?,13?,14-,15+,16?,17?,18+/m1/s1. The van der Waals surface area contributed by atoms with E-state index in [1.165, 1.54) is 12.2 Å². The molecule has 0 radical (unpaired) electrons. The molecule has 0 bridgehead atoms. The SMILES string of the molecule is CC(CCC(=O)NC(CS(=O)(=O)O)C(=O)N[C@@H](CS(=O)(=O)O)C(=O)NC(CS(=O)(=O)O)C(=O)N[C@H](C=O)CS(=O)(=O)O)N[C@@H](CS(=O)(=O)O)C(=O)NC(C=O)CS(=O)(=O)O. The molecule has 0 aliphatic rings. The van der Waals surface area contributed by atoms with Gasteiger partial charge in [-0.1, -0.05) is 0 Å². The Bertz CT molecular complexity index is 2280. The summed E-state index contributed by atoms with van der Waals surface area (Å²) in [6.07, 6.45) is -1.69. The minimum Gasteiger partial charge on any atom is -0.344 e. The van der Waals surface area contributed by atoms with Crippen LogP contribution in [0.25, 0.3) is 0 Å². The Morgan fingerprint density at radius 2 is 0.700 bits per heavy atom. The third kappa shape index (κ3) is 27.1. The Balaban J connectivity index is 6.29. The van der Waals surface area contributed by atoms with E-state index in [9.17, 15) is 102 Å². The first-order chi connectivity index (χ1) is 26.8. The van der Waals surface area contributed by atoms with Gasteiger partial charge in [0.05, 0.1) is 5.75 Å². The molecule has 37 heteroatoms. The van der Waals surface area contributed by atoms with Crippen LogP contribution in [-0.4, -0.2) is 197 Å². The topological polar surface area (TPSA) is 518 Å². The first-order valence-corrected chi connectivity index (χ1v) is 25.4. The third-order valence-corrected chi connectivity index (χ3v) is 11.4. The molecule has 4 unspecified atom stereocenters. The number of hydrogen-bond donors (Lipinski definition) is 12. The largest absolute Gasteiger partial charge is 0.344 e. The van der Waals surface area contributed by atoms with E-state index in [2.05, 4.69) is 5.32 Å². The molecule has 12 N–H and O–H groups in total. The van der Waals surface area contributed by atoms with Gasteiger partial charge in [0.15, 0.2) is 0 Å². The smallest absolute Gasteiger partial charge is 0.267 e. The van der Waals surface area contributed by atoms with Crippen LogP contribution in [0.3, 0.4) is 0 Å². The summed E-state index contributed by atoms with van der Waals surface area (Å²) in [6.45, 7) is 1.18. The highest BCUT2D eigenvalue weighted by atomic mass is 32.2. The van der Waals surface area contributed by atoms with Gasteiger partial charge in [0.2, 0.25) is 29.5 Å². The molecule has 0 aromatic carbocycles. The average Bonchev–Trinajstić information content (AvgIpc) is 3.01. The van der Waals surface area contributed by atoms with Crippen LogP contribution in [0.2, 0.25) is 0 Å². The summed E-state index contributed by atoms with van der Waals surface area (Å²) in [5.74, 6) is -17.9. The van der Waals surface area contributed by atoms with E-state index in [-0.39, 0.29) is 12.6 Å². The van der Waals surface area contributed by atoms with Gasteiger partial charge >= 0.3 is 0 Å². The lowest BCUT2D eigenvalue weighted by Crippen LogP contribution is -2.61. The molecule has 0 aliphatic heterocycles. The molecule has 7 atom stereocenters. The van der Waals surface area contributed by atoms with Gasteiger partial charge in [0.25, 0.3) is 60.7 Å². The zero-order chi connectivity index (χ0) is 47.2. The molecule has 0 aliphatic carbocycles. The highest BCUT2D eigenvalue weighted by Crippen LogP contribution is 2.05. The Morgan fingerprint density at radius 1 is 0.433 bits per heavy atom. The second-order valence-electron chi connectivity index (χ2n) is 12.4. The highest BCUT2D eigenvalue weighted by Gasteiger charge is 2.36. The maximum atomic E-state index is 13.1. The summed E-state index contributed by atoms with van der Waals surface area (Å²) in [5.41, 5.74) is 0. The number of rotatable bonds is 28. The molecule has 0 rings (SSSR count). The molecule has 31 nitrogen and oxygen atoms in total. The number of hydrogen-bond acceptors (Lipinski definition) is 20. The molecule has 0 heterocycles. The number of carbonyl (C=O) groups is 7. The van der Waals surface area contributed by atoms with Crippen molar-refractivity contribution >= 4 is 103 Å². The summed E-state index contributed by atoms with van der Waals surface area (Å²) in [5, 5.41) is 10.5. The van der Waals surface area contributed by atoms with Crippen LogP contribution < -0.4 is 31.9 Å². The molecular formula is C23H40N6O25S6. The minimum absolute atomic E-state index is 0.134. The zero-order valence-electron chi connectivity index (χ0n) is 30.2. The number of amides is 5. The molecule has 0 aromatic rings. The molecule has 0 aromatic heterocycles. The van der Waals surface area contributed by atoms with Crippen molar-refractivity contribution in [1.29, 1.82) is 0 Å². The first-order valence-electron chi connectivity index (χ1n) is 15.7. The number of carbonyl (C=O) groups excluding carboxylic acids is 7. The minimum atomic E-state index is -5.38. The Kier molecular flexibility index (Phi) is 21.3. The van der Waals surface area contributed by atoms with Crippen molar-refractivity contribution < 1.29 is 111 Å². The third-order valence-electron chi connectivity index (χ3n) is 6.80. The summed E-state index contributed by atoms with van der Waals surface area (Å²) >= 11 is 0. The molecule has 60 heavy (non-hydrogen) atoms. The van der Waals surface area contributed by atoms with Gasteiger partial charge in [0.1, 0.15) is 77.6 Å². The maximum absolute atomic E-state index is 13.1. The summed E-state index contributed by atoms with van der Waals surface area (Å²) in [7, 11) is -30.8. The zero-order valence-corrected chi connectivity index (χ0v) is 35.1. The molecule has 0 spiro atoms.